The third kappa shape index (κ3) is 4.31. The van der Waals surface area contributed by atoms with E-state index in [4.69, 9.17) is 4.74 Å². The second-order valence-electron chi connectivity index (χ2n) is 8.70. The number of fused-ring (bicyclic) bond motifs is 1. The number of halogens is 1. The Hall–Kier alpha value is -3.59. The largest absolute Gasteiger partial charge is 0.497 e. The molecule has 0 spiro atoms. The number of methoxy groups -OCH3 is 1. The van der Waals surface area contributed by atoms with Crippen molar-refractivity contribution in [2.24, 2.45) is 0 Å². The first-order valence-electron chi connectivity index (χ1n) is 11.5. The standard InChI is InChI=1S/C25H28FN5O3/c1-34-19-8-6-18(7-9-19)21-16-23-25(33)30(14-15-31(23)27-21)17-24(32)29-12-10-28(11-13-29)22-5-3-2-4-20(22)26/h2-9,14-15,21,23,27H,10-13,16-17H2,1H3. The van der Waals surface area contributed by atoms with Crippen LogP contribution in [-0.2, 0) is 9.59 Å². The Labute approximate surface area is 198 Å². The van der Waals surface area contributed by atoms with Crippen LogP contribution in [0, 0.1) is 5.82 Å². The lowest BCUT2D eigenvalue weighted by Gasteiger charge is -2.37. The fourth-order valence-corrected chi connectivity index (χ4v) is 4.77. The van der Waals surface area contributed by atoms with Gasteiger partial charge < -0.3 is 24.4 Å². The minimum atomic E-state index is -0.359. The summed E-state index contributed by atoms with van der Waals surface area (Å²) in [7, 11) is 1.63. The Kier molecular flexibility index (Phi) is 6.10. The lowest BCUT2D eigenvalue weighted by Crippen LogP contribution is -2.54. The van der Waals surface area contributed by atoms with Gasteiger partial charge in [-0.05, 0) is 36.2 Å². The van der Waals surface area contributed by atoms with Gasteiger partial charge in [0.1, 0.15) is 24.2 Å². The summed E-state index contributed by atoms with van der Waals surface area (Å²) in [6.07, 6.45) is 4.09. The maximum atomic E-state index is 14.1. The maximum absolute atomic E-state index is 14.1. The number of rotatable bonds is 5. The van der Waals surface area contributed by atoms with Crippen LogP contribution < -0.4 is 15.1 Å². The van der Waals surface area contributed by atoms with E-state index >= 15 is 0 Å². The quantitative estimate of drug-likeness (QED) is 0.730. The van der Waals surface area contributed by atoms with E-state index in [-0.39, 0.29) is 36.3 Å². The molecule has 0 saturated carbocycles. The van der Waals surface area contributed by atoms with E-state index in [0.717, 1.165) is 11.3 Å². The van der Waals surface area contributed by atoms with Crippen molar-refractivity contribution in [2.45, 2.75) is 18.5 Å². The number of nitrogens with zero attached hydrogens (tertiary/aromatic N) is 4. The zero-order valence-electron chi connectivity index (χ0n) is 19.1. The molecule has 178 valence electrons. The predicted molar refractivity (Wildman–Crippen MR) is 125 cm³/mol. The molecule has 1 N–H and O–H groups in total. The molecule has 3 aliphatic heterocycles. The van der Waals surface area contributed by atoms with Crippen LogP contribution in [0.1, 0.15) is 18.0 Å². The summed E-state index contributed by atoms with van der Waals surface area (Å²) in [5.41, 5.74) is 5.00. The molecular weight excluding hydrogens is 437 g/mol. The normalized spacial score (nSPS) is 22.2. The molecule has 2 aromatic carbocycles. The molecule has 2 amide bonds. The van der Waals surface area contributed by atoms with E-state index in [1.165, 1.54) is 11.0 Å². The molecule has 0 aliphatic carbocycles. The summed E-state index contributed by atoms with van der Waals surface area (Å²) in [5.74, 6) is 0.338. The zero-order chi connectivity index (χ0) is 23.7. The average molecular weight is 466 g/mol. The molecule has 0 bridgehead atoms. The highest BCUT2D eigenvalue weighted by Crippen LogP contribution is 2.31. The van der Waals surface area contributed by atoms with Gasteiger partial charge >= 0.3 is 0 Å². The third-order valence-electron chi connectivity index (χ3n) is 6.72. The van der Waals surface area contributed by atoms with Crippen LogP contribution in [0.2, 0.25) is 0 Å². The lowest BCUT2D eigenvalue weighted by atomic mass is 10.0. The third-order valence-corrected chi connectivity index (χ3v) is 6.72. The zero-order valence-corrected chi connectivity index (χ0v) is 19.1. The van der Waals surface area contributed by atoms with Crippen molar-refractivity contribution in [1.29, 1.82) is 0 Å². The molecule has 9 heteroatoms. The van der Waals surface area contributed by atoms with Crippen molar-refractivity contribution < 1.29 is 18.7 Å². The molecule has 8 nitrogen and oxygen atoms in total. The Bertz CT molecular complexity index is 1080. The Balaban J connectivity index is 1.16. The number of nitrogens with one attached hydrogen (secondary N) is 1. The maximum Gasteiger partial charge on any atom is 0.251 e. The van der Waals surface area contributed by atoms with Gasteiger partial charge in [-0.1, -0.05) is 24.3 Å². The van der Waals surface area contributed by atoms with Gasteiger partial charge in [-0.25, -0.2) is 9.82 Å². The molecule has 0 radical (unpaired) electrons. The molecule has 34 heavy (non-hydrogen) atoms. The highest BCUT2D eigenvalue weighted by atomic mass is 19.1. The van der Waals surface area contributed by atoms with E-state index in [0.29, 0.717) is 38.3 Å². The van der Waals surface area contributed by atoms with Crippen molar-refractivity contribution in [3.8, 4) is 5.75 Å². The number of hydrogen-bond acceptors (Lipinski definition) is 6. The number of carbonyl (C=O) groups excluding carboxylic acids is 2. The van der Waals surface area contributed by atoms with Gasteiger partial charge in [0.25, 0.3) is 5.91 Å². The first-order chi connectivity index (χ1) is 16.5. The number of ether oxygens (including phenoxy) is 1. The van der Waals surface area contributed by atoms with Gasteiger partial charge in [-0.15, -0.1) is 0 Å². The number of amides is 2. The molecule has 3 aliphatic rings. The molecule has 2 atom stereocenters. The van der Waals surface area contributed by atoms with Gasteiger partial charge in [0.05, 0.1) is 18.8 Å². The number of hydrazine groups is 1. The van der Waals surface area contributed by atoms with Crippen LogP contribution in [0.4, 0.5) is 10.1 Å². The second kappa shape index (κ2) is 9.34. The molecule has 0 aromatic heterocycles. The van der Waals surface area contributed by atoms with Gasteiger partial charge in [-0.3, -0.25) is 9.59 Å². The van der Waals surface area contributed by atoms with Gasteiger partial charge in [0.15, 0.2) is 0 Å². The van der Waals surface area contributed by atoms with E-state index in [1.54, 1.807) is 30.3 Å². The van der Waals surface area contributed by atoms with E-state index in [9.17, 15) is 14.0 Å². The molecule has 5 rings (SSSR count). The van der Waals surface area contributed by atoms with Crippen molar-refractivity contribution in [3.63, 3.8) is 0 Å². The van der Waals surface area contributed by atoms with Crippen LogP contribution in [0.25, 0.3) is 0 Å². The SMILES string of the molecule is COc1ccc(C2CC3C(=O)N(CC(=O)N4CCN(c5ccccc5F)CC4)C=CN3N2)cc1. The first kappa shape index (κ1) is 22.2. The Morgan fingerprint density at radius 3 is 2.50 bits per heavy atom. The van der Waals surface area contributed by atoms with Crippen molar-refractivity contribution in [1.82, 2.24) is 20.2 Å². The minimum absolute atomic E-state index is 0.00613. The number of benzene rings is 2. The predicted octanol–water partition coefficient (Wildman–Crippen LogP) is 2.12. The number of carbonyl (C=O) groups is 2. The fraction of sp³-hybridized carbons (Fsp3) is 0.360. The van der Waals surface area contributed by atoms with Crippen LogP contribution in [0.5, 0.6) is 5.75 Å². The van der Waals surface area contributed by atoms with Gasteiger partial charge in [-0.2, -0.15) is 0 Å². The number of piperazine rings is 1. The molecule has 2 unspecified atom stereocenters. The Morgan fingerprint density at radius 2 is 1.79 bits per heavy atom. The van der Waals surface area contributed by atoms with Crippen LogP contribution in [0.15, 0.2) is 60.9 Å². The summed E-state index contributed by atoms with van der Waals surface area (Å²) in [4.78, 5) is 31.3. The van der Waals surface area contributed by atoms with Crippen LogP contribution in [0.3, 0.4) is 0 Å². The molecule has 2 aromatic rings. The highest BCUT2D eigenvalue weighted by molar-refractivity contribution is 5.89. The van der Waals surface area contributed by atoms with Crippen molar-refractivity contribution >= 4 is 17.5 Å². The lowest BCUT2D eigenvalue weighted by molar-refractivity contribution is -0.141. The molecule has 2 fully saturated rings. The number of anilines is 1. The average Bonchev–Trinajstić information content (AvgIpc) is 3.31. The van der Waals surface area contributed by atoms with Crippen LogP contribution >= 0.6 is 0 Å². The first-order valence-corrected chi connectivity index (χ1v) is 11.5. The molecule has 3 heterocycles. The van der Waals surface area contributed by atoms with Crippen molar-refractivity contribution in [2.75, 3.05) is 44.7 Å². The molecular formula is C25H28FN5O3. The number of hydrogen-bond donors (Lipinski definition) is 1. The van der Waals surface area contributed by atoms with Crippen LogP contribution in [-0.4, -0.2) is 72.5 Å². The monoisotopic (exact) mass is 465 g/mol. The van der Waals surface area contributed by atoms with Crippen molar-refractivity contribution in [3.05, 3.63) is 72.3 Å². The topological polar surface area (TPSA) is 68.4 Å². The smallest absolute Gasteiger partial charge is 0.251 e. The summed E-state index contributed by atoms with van der Waals surface area (Å²) in [6.45, 7) is 2.11. The van der Waals surface area contributed by atoms with E-state index < -0.39 is 0 Å². The van der Waals surface area contributed by atoms with Gasteiger partial charge in [0, 0.05) is 38.6 Å². The second-order valence-corrected chi connectivity index (χ2v) is 8.70. The minimum Gasteiger partial charge on any atom is -0.497 e. The fourth-order valence-electron chi connectivity index (χ4n) is 4.77. The molecule has 2 saturated heterocycles. The van der Waals surface area contributed by atoms with E-state index in [1.807, 2.05) is 46.4 Å². The Morgan fingerprint density at radius 1 is 1.06 bits per heavy atom. The number of para-hydroxylation sites is 1. The van der Waals surface area contributed by atoms with E-state index in [2.05, 4.69) is 5.43 Å². The highest BCUT2D eigenvalue weighted by Gasteiger charge is 2.40. The summed E-state index contributed by atoms with van der Waals surface area (Å²) in [6, 6.07) is 14.1. The summed E-state index contributed by atoms with van der Waals surface area (Å²) in [5, 5.41) is 1.82. The summed E-state index contributed by atoms with van der Waals surface area (Å²) >= 11 is 0. The summed E-state index contributed by atoms with van der Waals surface area (Å²) < 4.78 is 19.3. The van der Waals surface area contributed by atoms with Gasteiger partial charge in [0.2, 0.25) is 5.91 Å².